The van der Waals surface area contributed by atoms with Gasteiger partial charge in [0.15, 0.2) is 0 Å². The highest BCUT2D eigenvalue weighted by Gasteiger charge is 2.38. The number of carbonyl (C=O) groups excluding carboxylic acids is 2. The van der Waals surface area contributed by atoms with Crippen LogP contribution in [0, 0.1) is 0 Å². The molecule has 0 saturated heterocycles. The van der Waals surface area contributed by atoms with Crippen LogP contribution in [0.3, 0.4) is 0 Å². The van der Waals surface area contributed by atoms with Crippen molar-refractivity contribution >= 4 is 12.0 Å². The fourth-order valence-corrected chi connectivity index (χ4v) is 5.27. The van der Waals surface area contributed by atoms with E-state index in [0.717, 1.165) is 28.0 Å². The second kappa shape index (κ2) is 14.5. The molecular formula is C34H43N3O6. The highest BCUT2D eigenvalue weighted by molar-refractivity contribution is 5.83. The van der Waals surface area contributed by atoms with Gasteiger partial charge in [-0.05, 0) is 68.5 Å². The predicted molar refractivity (Wildman–Crippen MR) is 165 cm³/mol. The number of benzene rings is 3. The third-order valence-electron chi connectivity index (χ3n) is 7.30. The van der Waals surface area contributed by atoms with E-state index >= 15 is 0 Å². The van der Waals surface area contributed by atoms with E-state index in [1.54, 1.807) is 20.8 Å². The number of ether oxygens (including phenoxy) is 2. The molecule has 0 radical (unpaired) electrons. The number of hydrogen-bond acceptors (Lipinski definition) is 7. The second-order valence-corrected chi connectivity index (χ2v) is 11.8. The highest BCUT2D eigenvalue weighted by Crippen LogP contribution is 2.31. The number of rotatable bonds is 12. The minimum Gasteiger partial charge on any atom is -0.494 e. The normalized spacial score (nSPS) is 18.2. The second-order valence-electron chi connectivity index (χ2n) is 11.8. The summed E-state index contributed by atoms with van der Waals surface area (Å²) in [6, 6.07) is 21.8. The monoisotopic (exact) mass is 589 g/mol. The zero-order valence-electron chi connectivity index (χ0n) is 25.2. The minimum atomic E-state index is -1.36. The maximum atomic E-state index is 13.9. The van der Waals surface area contributed by atoms with E-state index in [4.69, 9.17) is 9.47 Å². The highest BCUT2D eigenvalue weighted by atomic mass is 16.6. The number of aliphatic hydroxyl groups excluding tert-OH is 2. The van der Waals surface area contributed by atoms with Gasteiger partial charge in [0.25, 0.3) is 0 Å². The van der Waals surface area contributed by atoms with Gasteiger partial charge >= 0.3 is 6.09 Å². The molecule has 0 saturated carbocycles. The summed E-state index contributed by atoms with van der Waals surface area (Å²) in [5.74, 6) is 0.238. The van der Waals surface area contributed by atoms with Gasteiger partial charge < -0.3 is 30.3 Å². The molecular weight excluding hydrogens is 546 g/mol. The Morgan fingerprint density at radius 1 is 0.953 bits per heavy atom. The van der Waals surface area contributed by atoms with Crippen LogP contribution < -0.4 is 20.7 Å². The average Bonchev–Trinajstić information content (AvgIpc) is 3.27. The Morgan fingerprint density at radius 2 is 1.63 bits per heavy atom. The fourth-order valence-electron chi connectivity index (χ4n) is 5.27. The Hall–Kier alpha value is -3.92. The number of nitrogens with one attached hydrogen (secondary N) is 3. The summed E-state index contributed by atoms with van der Waals surface area (Å²) < 4.78 is 11.0. The molecule has 43 heavy (non-hydrogen) atoms. The first-order valence-corrected chi connectivity index (χ1v) is 14.8. The van der Waals surface area contributed by atoms with Gasteiger partial charge in [0.05, 0.1) is 30.9 Å². The van der Waals surface area contributed by atoms with Crippen molar-refractivity contribution in [3.8, 4) is 5.75 Å². The molecule has 3 aromatic carbocycles. The quantitative estimate of drug-likeness (QED) is 0.217. The van der Waals surface area contributed by atoms with E-state index in [9.17, 15) is 19.8 Å². The van der Waals surface area contributed by atoms with Gasteiger partial charge in [0.1, 0.15) is 17.4 Å². The molecule has 0 bridgehead atoms. The third kappa shape index (κ3) is 9.03. The van der Waals surface area contributed by atoms with E-state index in [2.05, 4.69) is 16.0 Å². The Labute approximate surface area is 253 Å². The summed E-state index contributed by atoms with van der Waals surface area (Å²) in [7, 11) is 0. The maximum absolute atomic E-state index is 13.9. The molecule has 230 valence electrons. The van der Waals surface area contributed by atoms with Crippen LogP contribution in [0.15, 0.2) is 78.9 Å². The lowest BCUT2D eigenvalue weighted by atomic mass is 9.95. The van der Waals surface area contributed by atoms with E-state index < -0.39 is 47.9 Å². The van der Waals surface area contributed by atoms with Crippen LogP contribution in [0.25, 0.3) is 0 Å². The summed E-state index contributed by atoms with van der Waals surface area (Å²) in [6.07, 6.45) is -2.18. The summed E-state index contributed by atoms with van der Waals surface area (Å²) in [5.41, 5.74) is 2.80. The molecule has 4 rings (SSSR count). The molecule has 1 aliphatic rings. The number of carbonyl (C=O) groups is 2. The minimum absolute atomic E-state index is 0.255. The number of hydrogen-bond donors (Lipinski definition) is 5. The van der Waals surface area contributed by atoms with Gasteiger partial charge in [-0.2, -0.15) is 0 Å². The molecule has 3 aromatic rings. The van der Waals surface area contributed by atoms with Gasteiger partial charge in [0.2, 0.25) is 5.91 Å². The molecule has 1 aliphatic carbocycles. The fraction of sp³-hybridized carbons (Fsp3) is 0.412. The van der Waals surface area contributed by atoms with Gasteiger partial charge in [-0.25, -0.2) is 4.79 Å². The van der Waals surface area contributed by atoms with Crippen molar-refractivity contribution in [3.63, 3.8) is 0 Å². The van der Waals surface area contributed by atoms with Crippen molar-refractivity contribution in [2.75, 3.05) is 6.61 Å². The molecule has 0 aromatic heterocycles. The standard InChI is InChI=1S/C34H43N3O6/c1-5-42-25-17-15-23(16-18-25)21-35-30(32(40)37-29-26-14-10-9-13-24(26)20-28(29)38)31(39)27(19-22-11-7-6-8-12-22)36-33(41)43-34(2,3)4/h6-18,27-31,35,38-39H,5,19-21H2,1-4H3,(H,36,41)(H,37,40)/t27-,28+,29?,30+,31+/m0/s1. The third-order valence-corrected chi connectivity index (χ3v) is 7.30. The van der Waals surface area contributed by atoms with E-state index in [-0.39, 0.29) is 13.0 Å². The smallest absolute Gasteiger partial charge is 0.407 e. The zero-order valence-corrected chi connectivity index (χ0v) is 25.2. The Kier molecular flexibility index (Phi) is 10.8. The van der Waals surface area contributed by atoms with E-state index in [1.807, 2.05) is 85.8 Å². The van der Waals surface area contributed by atoms with Crippen LogP contribution in [0.5, 0.6) is 5.75 Å². The summed E-state index contributed by atoms with van der Waals surface area (Å²) >= 11 is 0. The number of aliphatic hydroxyl groups is 2. The van der Waals surface area contributed by atoms with Gasteiger partial charge in [0, 0.05) is 13.0 Å². The Balaban J connectivity index is 1.60. The topological polar surface area (TPSA) is 129 Å². The molecule has 0 heterocycles. The van der Waals surface area contributed by atoms with Crippen LogP contribution >= 0.6 is 0 Å². The summed E-state index contributed by atoms with van der Waals surface area (Å²) in [4.78, 5) is 26.8. The van der Waals surface area contributed by atoms with Crippen molar-refractivity contribution in [1.29, 1.82) is 0 Å². The number of amides is 2. The van der Waals surface area contributed by atoms with Crippen LogP contribution in [-0.2, 0) is 28.9 Å². The van der Waals surface area contributed by atoms with Gasteiger partial charge in [-0.3, -0.25) is 10.1 Å². The van der Waals surface area contributed by atoms with Crippen molar-refractivity contribution < 1.29 is 29.3 Å². The Bertz CT molecular complexity index is 1340. The molecule has 0 aliphatic heterocycles. The van der Waals surface area contributed by atoms with Crippen LogP contribution in [0.4, 0.5) is 4.79 Å². The molecule has 9 heteroatoms. The lowest BCUT2D eigenvalue weighted by Crippen LogP contribution is -2.60. The van der Waals surface area contributed by atoms with Gasteiger partial charge in [-0.1, -0.05) is 66.7 Å². The number of fused-ring (bicyclic) bond motifs is 1. The van der Waals surface area contributed by atoms with Gasteiger partial charge in [-0.15, -0.1) is 0 Å². The molecule has 5 N–H and O–H groups in total. The predicted octanol–water partition coefficient (Wildman–Crippen LogP) is 3.81. The molecule has 2 amide bonds. The van der Waals surface area contributed by atoms with Crippen LogP contribution in [0.2, 0.25) is 0 Å². The largest absolute Gasteiger partial charge is 0.494 e. The Morgan fingerprint density at radius 3 is 2.30 bits per heavy atom. The zero-order chi connectivity index (χ0) is 31.0. The summed E-state index contributed by atoms with van der Waals surface area (Å²) in [6.45, 7) is 8.00. The first-order valence-electron chi connectivity index (χ1n) is 14.8. The van der Waals surface area contributed by atoms with Crippen molar-refractivity contribution in [2.24, 2.45) is 0 Å². The SMILES string of the molecule is CCOc1ccc(CN[C@@H](C(=O)NC2c3ccccc3C[C@H]2O)[C@H](O)[C@H](Cc2ccccc2)NC(=O)OC(C)(C)C)cc1. The first-order chi connectivity index (χ1) is 20.5. The molecule has 9 nitrogen and oxygen atoms in total. The summed E-state index contributed by atoms with van der Waals surface area (Å²) in [5, 5.41) is 31.6. The number of alkyl carbamates (subject to hydrolysis) is 1. The van der Waals surface area contributed by atoms with Crippen molar-refractivity contribution in [1.82, 2.24) is 16.0 Å². The van der Waals surface area contributed by atoms with Crippen LogP contribution in [-0.4, -0.2) is 58.7 Å². The molecule has 0 fully saturated rings. The van der Waals surface area contributed by atoms with E-state index in [1.165, 1.54) is 0 Å². The van der Waals surface area contributed by atoms with E-state index in [0.29, 0.717) is 13.0 Å². The molecule has 1 unspecified atom stereocenters. The lowest BCUT2D eigenvalue weighted by Gasteiger charge is -2.32. The van der Waals surface area contributed by atoms with Crippen molar-refractivity contribution in [2.45, 2.75) is 83.0 Å². The first kappa shape index (κ1) is 32.0. The van der Waals surface area contributed by atoms with Crippen LogP contribution in [0.1, 0.15) is 56.0 Å². The molecule has 5 atom stereocenters. The van der Waals surface area contributed by atoms with Crippen molar-refractivity contribution in [3.05, 3.63) is 101 Å². The lowest BCUT2D eigenvalue weighted by molar-refractivity contribution is -0.128. The molecule has 0 spiro atoms. The average molecular weight is 590 g/mol. The maximum Gasteiger partial charge on any atom is 0.407 e.